The van der Waals surface area contributed by atoms with Gasteiger partial charge in [0.15, 0.2) is 0 Å². The van der Waals surface area contributed by atoms with Gasteiger partial charge < -0.3 is 5.73 Å². The van der Waals surface area contributed by atoms with Gasteiger partial charge in [-0.2, -0.15) is 17.5 Å². The topological polar surface area (TPSA) is 63.4 Å². The maximum absolute atomic E-state index is 13.7. The summed E-state index contributed by atoms with van der Waals surface area (Å²) < 4.78 is 77.1. The molecule has 1 fully saturated rings. The minimum Gasteiger partial charge on any atom is -0.327 e. The summed E-state index contributed by atoms with van der Waals surface area (Å²) >= 11 is 0. The number of hydrogen-bond acceptors (Lipinski definition) is 3. The Morgan fingerprint density at radius 2 is 1.91 bits per heavy atom. The lowest BCUT2D eigenvalue weighted by Gasteiger charge is -2.30. The van der Waals surface area contributed by atoms with Crippen LogP contribution in [0.2, 0.25) is 0 Å². The summed E-state index contributed by atoms with van der Waals surface area (Å²) in [6, 6.07) is 0.947. The third-order valence-corrected chi connectivity index (χ3v) is 5.18. The number of hydrogen-bond donors (Lipinski definition) is 1. The molecule has 0 radical (unpaired) electrons. The zero-order valence-corrected chi connectivity index (χ0v) is 12.9. The van der Waals surface area contributed by atoms with E-state index in [-0.39, 0.29) is 25.5 Å². The largest absolute Gasteiger partial charge is 0.416 e. The first kappa shape index (κ1) is 19.1. The van der Waals surface area contributed by atoms with Crippen LogP contribution < -0.4 is 5.73 Å². The predicted molar refractivity (Wildman–Crippen MR) is 74.6 cm³/mol. The van der Waals surface area contributed by atoms with E-state index in [4.69, 9.17) is 5.73 Å². The van der Waals surface area contributed by atoms with Crippen molar-refractivity contribution in [3.8, 4) is 0 Å². The minimum absolute atomic E-state index is 0. The molecule has 126 valence electrons. The monoisotopic (exact) mass is 362 g/mol. The highest BCUT2D eigenvalue weighted by Crippen LogP contribution is 2.32. The lowest BCUT2D eigenvalue weighted by molar-refractivity contribution is -0.137. The molecule has 2 N–H and O–H groups in total. The molecule has 0 spiro atoms. The van der Waals surface area contributed by atoms with E-state index in [0.717, 1.165) is 4.31 Å². The normalized spacial score (nSPS) is 20.5. The molecule has 1 heterocycles. The second-order valence-electron chi connectivity index (χ2n) is 4.91. The maximum atomic E-state index is 13.7. The zero-order valence-electron chi connectivity index (χ0n) is 11.3. The van der Waals surface area contributed by atoms with Gasteiger partial charge in [0.05, 0.1) is 5.56 Å². The first-order valence-electron chi connectivity index (χ1n) is 6.25. The maximum Gasteiger partial charge on any atom is 0.416 e. The Bertz CT molecular complexity index is 637. The van der Waals surface area contributed by atoms with Crippen LogP contribution in [0.4, 0.5) is 17.6 Å². The number of nitrogens with two attached hydrogens (primary N) is 1. The fraction of sp³-hybridized carbons (Fsp3) is 0.500. The van der Waals surface area contributed by atoms with Crippen molar-refractivity contribution in [2.75, 3.05) is 13.1 Å². The summed E-state index contributed by atoms with van der Waals surface area (Å²) in [5.74, 6) is -1.21. The predicted octanol–water partition coefficient (Wildman–Crippen LogP) is 2.38. The van der Waals surface area contributed by atoms with Crippen LogP contribution in [0, 0.1) is 5.82 Å². The molecule has 0 aromatic heterocycles. The van der Waals surface area contributed by atoms with Crippen LogP contribution in [0.15, 0.2) is 23.1 Å². The second kappa shape index (κ2) is 6.69. The summed E-state index contributed by atoms with van der Waals surface area (Å²) in [5.41, 5.74) is 4.45. The highest BCUT2D eigenvalue weighted by molar-refractivity contribution is 7.89. The van der Waals surface area contributed by atoms with Crippen molar-refractivity contribution in [1.29, 1.82) is 0 Å². The van der Waals surface area contributed by atoms with Crippen LogP contribution in [-0.2, 0) is 16.2 Å². The molecule has 0 amide bonds. The van der Waals surface area contributed by atoms with E-state index in [1.807, 2.05) is 0 Å². The molecule has 1 aliphatic rings. The summed E-state index contributed by atoms with van der Waals surface area (Å²) in [5, 5.41) is 0. The van der Waals surface area contributed by atoms with E-state index in [2.05, 4.69) is 0 Å². The lowest BCUT2D eigenvalue weighted by atomic mass is 10.1. The standard InChI is InChI=1S/C12H14F4N2O2S.ClH/c13-10-4-3-8(12(14,15)16)6-11(10)21(19,20)18-5-1-2-9(17)7-18;/h3-4,6,9H,1-2,5,7,17H2;1H. The fourth-order valence-electron chi connectivity index (χ4n) is 2.21. The molecule has 0 aliphatic carbocycles. The van der Waals surface area contributed by atoms with Gasteiger partial charge in [0.2, 0.25) is 10.0 Å². The molecule has 1 aromatic carbocycles. The van der Waals surface area contributed by atoms with Gasteiger partial charge in [-0.05, 0) is 31.0 Å². The van der Waals surface area contributed by atoms with Gasteiger partial charge >= 0.3 is 6.18 Å². The number of benzene rings is 1. The minimum atomic E-state index is -4.74. The zero-order chi connectivity index (χ0) is 15.8. The van der Waals surface area contributed by atoms with Gasteiger partial charge in [0, 0.05) is 19.1 Å². The van der Waals surface area contributed by atoms with Crippen molar-refractivity contribution >= 4 is 22.4 Å². The number of piperidine rings is 1. The first-order chi connectivity index (χ1) is 9.62. The highest BCUT2D eigenvalue weighted by Gasteiger charge is 2.35. The molecule has 0 saturated carbocycles. The van der Waals surface area contributed by atoms with E-state index in [1.54, 1.807) is 0 Å². The molecule has 1 unspecified atom stereocenters. The van der Waals surface area contributed by atoms with Gasteiger partial charge in [0.1, 0.15) is 10.7 Å². The quantitative estimate of drug-likeness (QED) is 0.822. The van der Waals surface area contributed by atoms with Crippen LogP contribution in [-0.4, -0.2) is 31.9 Å². The van der Waals surface area contributed by atoms with Crippen molar-refractivity contribution in [3.63, 3.8) is 0 Å². The third-order valence-electron chi connectivity index (χ3n) is 3.30. The Balaban J connectivity index is 0.00000242. The van der Waals surface area contributed by atoms with E-state index < -0.39 is 38.5 Å². The average molecular weight is 363 g/mol. The van der Waals surface area contributed by atoms with Crippen LogP contribution in [0.25, 0.3) is 0 Å². The van der Waals surface area contributed by atoms with E-state index in [0.29, 0.717) is 31.0 Å². The SMILES string of the molecule is Cl.NC1CCCN(S(=O)(=O)c2cc(C(F)(F)F)ccc2F)C1. The lowest BCUT2D eigenvalue weighted by Crippen LogP contribution is -2.45. The Labute approximate surface area is 131 Å². The van der Waals surface area contributed by atoms with Crippen LogP contribution in [0.3, 0.4) is 0 Å². The molecule has 1 aliphatic heterocycles. The van der Waals surface area contributed by atoms with Crippen molar-refractivity contribution in [3.05, 3.63) is 29.6 Å². The third kappa shape index (κ3) is 3.89. The summed E-state index contributed by atoms with van der Waals surface area (Å²) in [6.07, 6.45) is -3.63. The average Bonchev–Trinajstić information content (AvgIpc) is 2.37. The van der Waals surface area contributed by atoms with E-state index in [1.165, 1.54) is 0 Å². The Morgan fingerprint density at radius 3 is 2.45 bits per heavy atom. The van der Waals surface area contributed by atoms with Crippen LogP contribution in [0.5, 0.6) is 0 Å². The number of nitrogens with zero attached hydrogens (tertiary/aromatic N) is 1. The molecule has 1 aromatic rings. The van der Waals surface area contributed by atoms with Crippen molar-refractivity contribution in [1.82, 2.24) is 4.31 Å². The molecule has 4 nitrogen and oxygen atoms in total. The molecular formula is C12H15ClF4N2O2S. The molecule has 22 heavy (non-hydrogen) atoms. The van der Waals surface area contributed by atoms with Gasteiger partial charge in [-0.1, -0.05) is 0 Å². The molecule has 1 saturated heterocycles. The number of halogens is 5. The molecule has 10 heteroatoms. The summed E-state index contributed by atoms with van der Waals surface area (Å²) in [6.45, 7) is 0.0870. The first-order valence-corrected chi connectivity index (χ1v) is 7.69. The Hall–Kier alpha value is -0.900. The van der Waals surface area contributed by atoms with Crippen molar-refractivity contribution in [2.24, 2.45) is 5.73 Å². The second-order valence-corrected chi connectivity index (χ2v) is 6.81. The Kier molecular flexibility index (Phi) is 5.82. The summed E-state index contributed by atoms with van der Waals surface area (Å²) in [4.78, 5) is -0.966. The van der Waals surface area contributed by atoms with E-state index >= 15 is 0 Å². The molecular weight excluding hydrogens is 348 g/mol. The van der Waals surface area contributed by atoms with Crippen molar-refractivity contribution < 1.29 is 26.0 Å². The Morgan fingerprint density at radius 1 is 1.27 bits per heavy atom. The van der Waals surface area contributed by atoms with Crippen LogP contribution >= 0.6 is 12.4 Å². The molecule has 0 bridgehead atoms. The smallest absolute Gasteiger partial charge is 0.327 e. The van der Waals surface area contributed by atoms with Crippen molar-refractivity contribution in [2.45, 2.75) is 30.0 Å². The summed E-state index contributed by atoms with van der Waals surface area (Å²) in [7, 11) is -4.33. The highest BCUT2D eigenvalue weighted by atomic mass is 35.5. The van der Waals surface area contributed by atoms with E-state index in [9.17, 15) is 26.0 Å². The van der Waals surface area contributed by atoms with Gasteiger partial charge in [-0.15, -0.1) is 12.4 Å². The van der Waals surface area contributed by atoms with Gasteiger partial charge in [-0.3, -0.25) is 0 Å². The number of rotatable bonds is 2. The number of sulfonamides is 1. The van der Waals surface area contributed by atoms with Gasteiger partial charge in [-0.25, -0.2) is 12.8 Å². The number of alkyl halides is 3. The fourth-order valence-corrected chi connectivity index (χ4v) is 3.83. The van der Waals surface area contributed by atoms with Crippen LogP contribution in [0.1, 0.15) is 18.4 Å². The molecule has 1 atom stereocenters. The van der Waals surface area contributed by atoms with Gasteiger partial charge in [0.25, 0.3) is 0 Å². The molecule has 2 rings (SSSR count).